The number of ether oxygens (including phenoxy) is 1. The summed E-state index contributed by atoms with van der Waals surface area (Å²) >= 11 is 0. The molecule has 0 heterocycles. The van der Waals surface area contributed by atoms with E-state index in [1.54, 1.807) is 0 Å². The molecule has 0 bridgehead atoms. The van der Waals surface area contributed by atoms with Gasteiger partial charge in [-0.05, 0) is 13.8 Å². The summed E-state index contributed by atoms with van der Waals surface area (Å²) in [5.41, 5.74) is 0. The Kier molecular flexibility index (Phi) is 15.2. The van der Waals surface area contributed by atoms with E-state index in [9.17, 15) is 0 Å². The maximum Gasteiger partial charge on any atom is 0.316 e. The van der Waals surface area contributed by atoms with Crippen LogP contribution < -0.4 is 0 Å². The highest BCUT2D eigenvalue weighted by Gasteiger charge is 1.64. The predicted octanol–water partition coefficient (Wildman–Crippen LogP) is -0.0592. The van der Waals surface area contributed by atoms with Crippen molar-refractivity contribution in [3.63, 3.8) is 0 Å². The zero-order chi connectivity index (χ0) is 4.12. The predicted molar refractivity (Wildman–Crippen MR) is 30.4 cm³/mol. The molecule has 0 fully saturated rings. The van der Waals surface area contributed by atoms with Gasteiger partial charge in [-0.3, -0.25) is 0 Å². The molecular weight excluding hydrogens is 88.3 g/mol. The van der Waals surface area contributed by atoms with Crippen LogP contribution in [0.5, 0.6) is 0 Å². The molecule has 0 N–H and O–H groups in total. The van der Waals surface area contributed by atoms with Gasteiger partial charge < -0.3 is 4.74 Å². The third-order valence-electron chi connectivity index (χ3n) is 0.348. The molecule has 2 heteroatoms. The summed E-state index contributed by atoms with van der Waals surface area (Å²) in [5, 5.41) is 0. The first-order chi connectivity index (χ1) is 2.41. The Morgan fingerprint density at radius 3 is 2.17 bits per heavy atom. The summed E-state index contributed by atoms with van der Waals surface area (Å²) in [5.74, 6) is 0. The molecule has 1 nitrogen and oxygen atoms in total. The second-order valence-electron chi connectivity index (χ2n) is 0.697. The lowest BCUT2D eigenvalue weighted by molar-refractivity contribution is 0.176. The quantitative estimate of drug-likeness (QED) is 0.441. The molecular formula is C4H11MgO. The summed E-state index contributed by atoms with van der Waals surface area (Å²) in [4.78, 5) is 0. The minimum absolute atomic E-state index is 0. The van der Waals surface area contributed by atoms with Crippen molar-refractivity contribution >= 4 is 23.1 Å². The number of hydrogen-bond acceptors (Lipinski definition) is 1. The second-order valence-corrected chi connectivity index (χ2v) is 0.697. The van der Waals surface area contributed by atoms with Crippen molar-refractivity contribution in [1.82, 2.24) is 0 Å². The molecule has 0 aliphatic heterocycles. The third-order valence-corrected chi connectivity index (χ3v) is 0.348. The van der Waals surface area contributed by atoms with Gasteiger partial charge in [0.25, 0.3) is 0 Å². The smallest absolute Gasteiger partial charge is 0.316 e. The first kappa shape index (κ1) is 9.87. The van der Waals surface area contributed by atoms with Gasteiger partial charge in [-0.25, -0.2) is 0 Å². The van der Waals surface area contributed by atoms with Gasteiger partial charge in [0, 0.05) is 13.2 Å². The molecule has 0 atom stereocenters. The fraction of sp³-hybridized carbons (Fsp3) is 0.750. The molecule has 0 amide bonds. The SMILES string of the molecule is [CH2]COCC.[MgH2]. The van der Waals surface area contributed by atoms with Gasteiger partial charge in [0.2, 0.25) is 0 Å². The standard InChI is InChI=1S/C4H9O.Mg.2H/c1-3-5-4-2;;;/h1,3-4H2,2H3;;;. The molecule has 0 aromatic rings. The van der Waals surface area contributed by atoms with E-state index >= 15 is 0 Å². The first-order valence-corrected chi connectivity index (χ1v) is 1.78. The van der Waals surface area contributed by atoms with Crippen LogP contribution in [0.1, 0.15) is 6.92 Å². The molecule has 0 spiro atoms. The van der Waals surface area contributed by atoms with E-state index in [2.05, 4.69) is 6.92 Å². The van der Waals surface area contributed by atoms with Crippen LogP contribution in [0.4, 0.5) is 0 Å². The van der Waals surface area contributed by atoms with Crippen LogP contribution in [0.25, 0.3) is 0 Å². The maximum atomic E-state index is 4.72. The van der Waals surface area contributed by atoms with Crippen molar-refractivity contribution in [1.29, 1.82) is 0 Å². The van der Waals surface area contributed by atoms with Crippen LogP contribution in [-0.4, -0.2) is 36.3 Å². The lowest BCUT2D eigenvalue weighted by Gasteiger charge is -1.86. The maximum absolute atomic E-state index is 4.72. The number of hydrogen-bond donors (Lipinski definition) is 0. The molecule has 6 heavy (non-hydrogen) atoms. The minimum Gasteiger partial charge on any atom is -0.382 e. The van der Waals surface area contributed by atoms with E-state index in [0.717, 1.165) is 6.61 Å². The topological polar surface area (TPSA) is 9.23 Å². The van der Waals surface area contributed by atoms with Crippen molar-refractivity contribution in [2.45, 2.75) is 6.92 Å². The van der Waals surface area contributed by atoms with Crippen molar-refractivity contribution < 1.29 is 4.74 Å². The largest absolute Gasteiger partial charge is 0.382 e. The monoisotopic (exact) mass is 99.1 g/mol. The van der Waals surface area contributed by atoms with Crippen LogP contribution >= 0.6 is 0 Å². The molecule has 0 aliphatic rings. The first-order valence-electron chi connectivity index (χ1n) is 1.78. The summed E-state index contributed by atoms with van der Waals surface area (Å²) < 4.78 is 4.72. The fourth-order valence-electron chi connectivity index (χ4n) is 0.144. The van der Waals surface area contributed by atoms with Crippen molar-refractivity contribution in [3.05, 3.63) is 6.92 Å². The second kappa shape index (κ2) is 9.21. The van der Waals surface area contributed by atoms with E-state index < -0.39 is 0 Å². The highest BCUT2D eigenvalue weighted by atomic mass is 24.3. The molecule has 0 saturated carbocycles. The summed E-state index contributed by atoms with van der Waals surface area (Å²) in [6.45, 7) is 6.78. The van der Waals surface area contributed by atoms with Crippen molar-refractivity contribution in [3.8, 4) is 0 Å². The molecule has 0 aromatic carbocycles. The minimum atomic E-state index is 0. The third kappa shape index (κ3) is 8.83. The van der Waals surface area contributed by atoms with Crippen LogP contribution in [0, 0.1) is 6.92 Å². The zero-order valence-corrected chi connectivity index (χ0v) is 3.53. The molecule has 0 unspecified atom stereocenters. The fourth-order valence-corrected chi connectivity index (χ4v) is 0.144. The average Bonchev–Trinajstić information content (AvgIpc) is 1.41. The molecule has 1 radical (unpaired) electrons. The lowest BCUT2D eigenvalue weighted by Crippen LogP contribution is -1.84. The van der Waals surface area contributed by atoms with E-state index in [1.165, 1.54) is 0 Å². The Bertz CT molecular complexity index is 15.0. The molecule has 0 saturated heterocycles. The Balaban J connectivity index is 0. The lowest BCUT2D eigenvalue weighted by atomic mass is 10.8. The van der Waals surface area contributed by atoms with Crippen LogP contribution in [-0.2, 0) is 4.74 Å². The Morgan fingerprint density at radius 2 is 2.17 bits per heavy atom. The van der Waals surface area contributed by atoms with Gasteiger partial charge in [-0.15, -0.1) is 0 Å². The van der Waals surface area contributed by atoms with Gasteiger partial charge in [0.15, 0.2) is 0 Å². The summed E-state index contributed by atoms with van der Waals surface area (Å²) in [6, 6.07) is 0. The van der Waals surface area contributed by atoms with Crippen LogP contribution in [0.2, 0.25) is 0 Å². The van der Waals surface area contributed by atoms with E-state index in [4.69, 9.17) is 4.74 Å². The van der Waals surface area contributed by atoms with E-state index in [1.807, 2.05) is 6.92 Å². The van der Waals surface area contributed by atoms with Gasteiger partial charge in [-0.1, -0.05) is 0 Å². The van der Waals surface area contributed by atoms with Gasteiger partial charge in [0.05, 0.1) is 0 Å². The molecule has 0 aromatic heterocycles. The van der Waals surface area contributed by atoms with E-state index in [0.29, 0.717) is 6.61 Å². The van der Waals surface area contributed by atoms with Crippen molar-refractivity contribution in [2.24, 2.45) is 0 Å². The molecule has 0 aliphatic carbocycles. The van der Waals surface area contributed by atoms with Crippen LogP contribution in [0.3, 0.4) is 0 Å². The molecule has 35 valence electrons. The highest BCUT2D eigenvalue weighted by molar-refractivity contribution is 5.75. The number of rotatable bonds is 2. The average molecular weight is 99.4 g/mol. The zero-order valence-electron chi connectivity index (χ0n) is 3.53. The Labute approximate surface area is 55.2 Å². The van der Waals surface area contributed by atoms with Gasteiger partial charge in [-0.2, -0.15) is 0 Å². The van der Waals surface area contributed by atoms with Gasteiger partial charge in [0.1, 0.15) is 0 Å². The van der Waals surface area contributed by atoms with Crippen molar-refractivity contribution in [2.75, 3.05) is 13.2 Å². The van der Waals surface area contributed by atoms with Crippen LogP contribution in [0.15, 0.2) is 0 Å². The normalized spacial score (nSPS) is 7.00. The highest BCUT2D eigenvalue weighted by Crippen LogP contribution is 1.63. The van der Waals surface area contributed by atoms with Gasteiger partial charge >= 0.3 is 23.1 Å². The Hall–Kier alpha value is 0.726. The Morgan fingerprint density at radius 1 is 1.67 bits per heavy atom. The molecule has 0 rings (SSSR count). The van der Waals surface area contributed by atoms with E-state index in [-0.39, 0.29) is 23.1 Å². The summed E-state index contributed by atoms with van der Waals surface area (Å²) in [6.07, 6.45) is 0. The summed E-state index contributed by atoms with van der Waals surface area (Å²) in [7, 11) is 0.